The van der Waals surface area contributed by atoms with Crippen molar-refractivity contribution >= 4 is 23.5 Å². The highest BCUT2D eigenvalue weighted by atomic mass is 32.2. The van der Waals surface area contributed by atoms with Gasteiger partial charge in [-0.2, -0.15) is 23.5 Å². The Morgan fingerprint density at radius 1 is 0.560 bits per heavy atom. The number of rotatable bonds is 12. The van der Waals surface area contributed by atoms with Crippen LogP contribution in [0.15, 0.2) is 84.9 Å². The van der Waals surface area contributed by atoms with E-state index in [9.17, 15) is 10.2 Å². The third-order valence-electron chi connectivity index (χ3n) is 9.56. The number of ether oxygens (including phenoxy) is 2. The molecule has 0 aliphatic heterocycles. The minimum absolute atomic E-state index is 0.0795. The van der Waals surface area contributed by atoms with Crippen molar-refractivity contribution in [2.45, 2.75) is 126 Å². The molecule has 1 fully saturated rings. The highest BCUT2D eigenvalue weighted by molar-refractivity contribution is 8.03. The summed E-state index contributed by atoms with van der Waals surface area (Å²) in [5, 5.41) is 23.8. The van der Waals surface area contributed by atoms with Gasteiger partial charge in [-0.1, -0.05) is 140 Å². The molecule has 1 aliphatic carbocycles. The molecule has 6 heteroatoms. The van der Waals surface area contributed by atoms with E-state index in [1.165, 1.54) is 25.7 Å². The third-order valence-corrected chi connectivity index (χ3v) is 12.7. The molecule has 268 valence electrons. The fraction of sp³-hybridized carbons (Fsp3) is 0.455. The third kappa shape index (κ3) is 10.6. The van der Waals surface area contributed by atoms with E-state index in [-0.39, 0.29) is 22.3 Å². The number of thioether (sulfide) groups is 2. The topological polar surface area (TPSA) is 58.9 Å². The standard InChI is InChI=1S/C44H56O4S2/c1-43(2,3)35-23-33(41(45)37(25-35)47-27-31-17-11-9-12-18-31)29-49-39-21-15-7-8-16-22-40(39)50-30-34-24-36(44(4,5)6)26-38(42(34)46)48-28-32-19-13-10-14-20-32/h9-14,17-20,23-26,39-40,45-46H,7-8,15-16,21-22,27-30H2,1-6H3/t39-,40?/m0/s1. The van der Waals surface area contributed by atoms with Crippen molar-refractivity contribution in [3.63, 3.8) is 0 Å². The Hall–Kier alpha value is -3.22. The van der Waals surface area contributed by atoms with Gasteiger partial charge in [0.2, 0.25) is 0 Å². The summed E-state index contributed by atoms with van der Waals surface area (Å²) in [6, 6.07) is 28.6. The molecule has 1 aliphatic rings. The van der Waals surface area contributed by atoms with Gasteiger partial charge >= 0.3 is 0 Å². The zero-order valence-corrected chi connectivity index (χ0v) is 32.5. The van der Waals surface area contributed by atoms with Gasteiger partial charge in [0.05, 0.1) is 0 Å². The van der Waals surface area contributed by atoms with Crippen LogP contribution >= 0.6 is 23.5 Å². The Balaban J connectivity index is 1.34. The molecule has 1 unspecified atom stereocenters. The Morgan fingerprint density at radius 2 is 0.940 bits per heavy atom. The first-order chi connectivity index (χ1) is 23.9. The number of phenolic OH excluding ortho intramolecular Hbond substituents is 2. The van der Waals surface area contributed by atoms with E-state index in [4.69, 9.17) is 9.47 Å². The van der Waals surface area contributed by atoms with Crippen LogP contribution in [0.25, 0.3) is 0 Å². The lowest BCUT2D eigenvalue weighted by Gasteiger charge is -2.30. The maximum Gasteiger partial charge on any atom is 0.162 e. The molecule has 0 saturated heterocycles. The average Bonchev–Trinajstić information content (AvgIpc) is 3.07. The van der Waals surface area contributed by atoms with Crippen LogP contribution in [0.3, 0.4) is 0 Å². The molecule has 0 radical (unpaired) electrons. The molecule has 4 aromatic rings. The quantitative estimate of drug-likeness (QED) is 0.152. The van der Waals surface area contributed by atoms with Crippen molar-refractivity contribution in [1.82, 2.24) is 0 Å². The molecule has 2 N–H and O–H groups in total. The Bertz CT molecular complexity index is 1530. The number of benzene rings is 4. The Kier molecular flexibility index (Phi) is 13.2. The first-order valence-corrected chi connectivity index (χ1v) is 20.3. The predicted octanol–water partition coefficient (Wildman–Crippen LogP) is 12.1. The van der Waals surface area contributed by atoms with Crippen LogP contribution < -0.4 is 9.47 Å². The molecule has 5 rings (SSSR count). The van der Waals surface area contributed by atoms with Gasteiger partial charge in [-0.15, -0.1) is 0 Å². The second-order valence-electron chi connectivity index (χ2n) is 15.7. The molecular weight excluding hydrogens is 657 g/mol. The van der Waals surface area contributed by atoms with E-state index >= 15 is 0 Å². The summed E-state index contributed by atoms with van der Waals surface area (Å²) in [5.74, 6) is 3.06. The van der Waals surface area contributed by atoms with Crippen LogP contribution in [0.5, 0.6) is 23.0 Å². The summed E-state index contributed by atoms with van der Waals surface area (Å²) >= 11 is 3.94. The minimum Gasteiger partial charge on any atom is -0.504 e. The summed E-state index contributed by atoms with van der Waals surface area (Å²) < 4.78 is 12.5. The van der Waals surface area contributed by atoms with Crippen LogP contribution in [0, 0.1) is 0 Å². The Morgan fingerprint density at radius 3 is 1.30 bits per heavy atom. The van der Waals surface area contributed by atoms with Crippen molar-refractivity contribution in [3.8, 4) is 23.0 Å². The van der Waals surface area contributed by atoms with E-state index in [1.54, 1.807) is 0 Å². The maximum absolute atomic E-state index is 11.5. The Labute approximate surface area is 309 Å². The smallest absolute Gasteiger partial charge is 0.162 e. The van der Waals surface area contributed by atoms with E-state index in [2.05, 4.69) is 53.7 Å². The zero-order valence-electron chi connectivity index (χ0n) is 30.8. The summed E-state index contributed by atoms with van der Waals surface area (Å²) in [4.78, 5) is 0. The van der Waals surface area contributed by atoms with Gasteiger partial charge < -0.3 is 19.7 Å². The fourth-order valence-corrected chi connectivity index (χ4v) is 9.37. The summed E-state index contributed by atoms with van der Waals surface area (Å²) in [6.45, 7) is 14.1. The first kappa shape index (κ1) is 38.0. The minimum atomic E-state index is -0.0795. The molecule has 0 spiro atoms. The molecule has 4 aromatic carbocycles. The lowest BCUT2D eigenvalue weighted by Crippen LogP contribution is -2.22. The molecule has 0 amide bonds. The summed E-state index contributed by atoms with van der Waals surface area (Å²) in [7, 11) is 0. The zero-order chi connectivity index (χ0) is 35.7. The van der Waals surface area contributed by atoms with E-state index in [0.717, 1.165) is 57.7 Å². The normalized spacial score (nSPS) is 17.2. The van der Waals surface area contributed by atoms with Crippen LogP contribution in [0.2, 0.25) is 0 Å². The van der Waals surface area contributed by atoms with Crippen molar-refractivity contribution in [2.24, 2.45) is 0 Å². The van der Waals surface area contributed by atoms with Crippen LogP contribution in [0.1, 0.15) is 113 Å². The van der Waals surface area contributed by atoms with Gasteiger partial charge in [0.1, 0.15) is 13.2 Å². The van der Waals surface area contributed by atoms with Gasteiger partial charge in [0.15, 0.2) is 23.0 Å². The monoisotopic (exact) mass is 712 g/mol. The van der Waals surface area contributed by atoms with Gasteiger partial charge in [-0.05, 0) is 58.1 Å². The van der Waals surface area contributed by atoms with Crippen molar-refractivity contribution in [3.05, 3.63) is 118 Å². The maximum atomic E-state index is 11.5. The molecule has 2 atom stereocenters. The van der Waals surface area contributed by atoms with Gasteiger partial charge in [-0.3, -0.25) is 0 Å². The number of phenols is 2. The predicted molar refractivity (Wildman–Crippen MR) is 213 cm³/mol. The molecule has 4 nitrogen and oxygen atoms in total. The van der Waals surface area contributed by atoms with Crippen LogP contribution in [0.4, 0.5) is 0 Å². The van der Waals surface area contributed by atoms with Crippen molar-refractivity contribution in [2.75, 3.05) is 0 Å². The van der Waals surface area contributed by atoms with E-state index < -0.39 is 0 Å². The van der Waals surface area contributed by atoms with Gasteiger partial charge in [0.25, 0.3) is 0 Å². The highest BCUT2D eigenvalue weighted by Gasteiger charge is 2.27. The van der Waals surface area contributed by atoms with E-state index in [0.29, 0.717) is 35.2 Å². The van der Waals surface area contributed by atoms with Gasteiger partial charge in [-0.25, -0.2) is 0 Å². The molecule has 0 heterocycles. The van der Waals surface area contributed by atoms with Crippen LogP contribution in [-0.2, 0) is 35.5 Å². The first-order valence-electron chi connectivity index (χ1n) is 18.2. The lowest BCUT2D eigenvalue weighted by molar-refractivity contribution is 0.287. The molecular formula is C44H56O4S2. The number of aromatic hydroxyl groups is 2. The average molecular weight is 713 g/mol. The SMILES string of the molecule is CC(C)(C)c1cc(CSC2CCCCCC[C@@H]2SCc2cc(C(C)(C)C)cc(OCc3ccccc3)c2O)c(O)c(OCc2ccccc2)c1. The largest absolute Gasteiger partial charge is 0.504 e. The molecule has 0 bridgehead atoms. The second kappa shape index (κ2) is 17.3. The summed E-state index contributed by atoms with van der Waals surface area (Å²) in [5.41, 5.74) is 6.20. The highest BCUT2D eigenvalue weighted by Crippen LogP contribution is 2.44. The van der Waals surface area contributed by atoms with E-state index in [1.807, 2.05) is 96.3 Å². The van der Waals surface area contributed by atoms with Crippen molar-refractivity contribution < 1.29 is 19.7 Å². The number of hydrogen-bond acceptors (Lipinski definition) is 6. The fourth-order valence-electron chi connectivity index (χ4n) is 6.30. The molecule has 0 aromatic heterocycles. The number of hydrogen-bond donors (Lipinski definition) is 2. The van der Waals surface area contributed by atoms with Crippen molar-refractivity contribution in [1.29, 1.82) is 0 Å². The summed E-state index contributed by atoms with van der Waals surface area (Å²) in [6.07, 6.45) is 7.28. The van der Waals surface area contributed by atoms with Gasteiger partial charge in [0, 0.05) is 33.1 Å². The van der Waals surface area contributed by atoms with Crippen LogP contribution in [-0.4, -0.2) is 20.7 Å². The lowest BCUT2D eigenvalue weighted by atomic mass is 9.86. The second-order valence-corrected chi connectivity index (χ2v) is 18.2. The molecule has 1 saturated carbocycles. The molecule has 50 heavy (non-hydrogen) atoms.